The van der Waals surface area contributed by atoms with Crippen molar-refractivity contribution in [3.05, 3.63) is 35.4 Å². The van der Waals surface area contributed by atoms with E-state index in [9.17, 15) is 4.79 Å². The van der Waals surface area contributed by atoms with Gasteiger partial charge in [0.25, 0.3) is 0 Å². The molecule has 1 amide bonds. The summed E-state index contributed by atoms with van der Waals surface area (Å²) in [4.78, 5) is 14.8. The van der Waals surface area contributed by atoms with Crippen LogP contribution in [-0.4, -0.2) is 37.1 Å². The average Bonchev–Trinajstić information content (AvgIpc) is 3.36. The van der Waals surface area contributed by atoms with E-state index in [1.165, 1.54) is 11.1 Å². The summed E-state index contributed by atoms with van der Waals surface area (Å²) in [5.74, 6) is 1.81. The van der Waals surface area contributed by atoms with Crippen LogP contribution in [0.1, 0.15) is 49.7 Å². The van der Waals surface area contributed by atoms with Crippen molar-refractivity contribution in [2.45, 2.75) is 45.4 Å². The third kappa shape index (κ3) is 3.95. The van der Waals surface area contributed by atoms with Crippen LogP contribution in [0, 0.1) is 18.8 Å². The van der Waals surface area contributed by atoms with E-state index in [0.717, 1.165) is 57.9 Å². The first-order valence-corrected chi connectivity index (χ1v) is 9.12. The molecule has 1 saturated heterocycles. The minimum absolute atomic E-state index is 0.232. The van der Waals surface area contributed by atoms with Gasteiger partial charge in [-0.1, -0.05) is 24.3 Å². The summed E-state index contributed by atoms with van der Waals surface area (Å²) in [6.07, 6.45) is 4.46. The molecule has 1 aliphatic heterocycles. The summed E-state index contributed by atoms with van der Waals surface area (Å²) in [5.41, 5.74) is 2.69. The zero-order chi connectivity index (χ0) is 16.2. The van der Waals surface area contributed by atoms with Crippen molar-refractivity contribution < 1.29 is 9.53 Å². The first-order chi connectivity index (χ1) is 11.2. The van der Waals surface area contributed by atoms with Crippen LogP contribution in [0.3, 0.4) is 0 Å². The molecule has 0 N–H and O–H groups in total. The normalized spacial score (nSPS) is 24.7. The van der Waals surface area contributed by atoms with Gasteiger partial charge in [-0.25, -0.2) is 0 Å². The lowest BCUT2D eigenvalue weighted by atomic mass is 9.93. The molecule has 1 saturated carbocycles. The smallest absolute Gasteiger partial charge is 0.226 e. The van der Waals surface area contributed by atoms with Gasteiger partial charge < -0.3 is 9.64 Å². The maximum absolute atomic E-state index is 12.7. The van der Waals surface area contributed by atoms with E-state index >= 15 is 0 Å². The van der Waals surface area contributed by atoms with Crippen LogP contribution in [0.2, 0.25) is 0 Å². The van der Waals surface area contributed by atoms with Crippen LogP contribution in [0.5, 0.6) is 0 Å². The second kappa shape index (κ2) is 7.48. The van der Waals surface area contributed by atoms with Gasteiger partial charge in [0.15, 0.2) is 0 Å². The van der Waals surface area contributed by atoms with Crippen molar-refractivity contribution in [2.24, 2.45) is 11.8 Å². The lowest BCUT2D eigenvalue weighted by Gasteiger charge is -2.32. The SMILES string of the molecule is CCOCCC1CCN(C(=O)[C@@H]2C[C@@H]2c2ccccc2C)CC1. The van der Waals surface area contributed by atoms with Crippen molar-refractivity contribution in [2.75, 3.05) is 26.3 Å². The first kappa shape index (κ1) is 16.5. The van der Waals surface area contributed by atoms with Crippen molar-refractivity contribution in [1.29, 1.82) is 0 Å². The number of piperidine rings is 1. The number of rotatable bonds is 6. The van der Waals surface area contributed by atoms with Gasteiger partial charge in [-0.2, -0.15) is 0 Å². The Labute approximate surface area is 140 Å². The predicted octanol–water partition coefficient (Wildman–Crippen LogP) is 3.76. The molecule has 0 unspecified atom stereocenters. The zero-order valence-corrected chi connectivity index (χ0v) is 14.5. The molecule has 1 aromatic carbocycles. The minimum Gasteiger partial charge on any atom is -0.382 e. The zero-order valence-electron chi connectivity index (χ0n) is 14.5. The second-order valence-corrected chi connectivity index (χ2v) is 7.06. The van der Waals surface area contributed by atoms with Gasteiger partial charge in [-0.15, -0.1) is 0 Å². The fraction of sp³-hybridized carbons (Fsp3) is 0.650. The Morgan fingerprint density at radius 3 is 2.70 bits per heavy atom. The molecule has 1 aromatic rings. The van der Waals surface area contributed by atoms with Crippen molar-refractivity contribution in [1.82, 2.24) is 4.90 Å². The average molecular weight is 315 g/mol. The summed E-state index contributed by atoms with van der Waals surface area (Å²) < 4.78 is 5.45. The second-order valence-electron chi connectivity index (χ2n) is 7.06. The number of benzene rings is 1. The number of aryl methyl sites for hydroxylation is 1. The number of carbonyl (C=O) groups excluding carboxylic acids is 1. The fourth-order valence-electron chi connectivity index (χ4n) is 3.89. The van der Waals surface area contributed by atoms with Crippen LogP contribution < -0.4 is 0 Å². The molecule has 0 radical (unpaired) electrons. The monoisotopic (exact) mass is 315 g/mol. The van der Waals surface area contributed by atoms with Crippen molar-refractivity contribution in [3.8, 4) is 0 Å². The van der Waals surface area contributed by atoms with Gasteiger partial charge in [-0.3, -0.25) is 4.79 Å². The predicted molar refractivity (Wildman–Crippen MR) is 92.4 cm³/mol. The Hall–Kier alpha value is -1.35. The molecule has 2 atom stereocenters. The van der Waals surface area contributed by atoms with Gasteiger partial charge in [0, 0.05) is 32.2 Å². The Balaban J connectivity index is 1.47. The molecule has 0 spiro atoms. The Morgan fingerprint density at radius 2 is 2.00 bits per heavy atom. The summed E-state index contributed by atoms with van der Waals surface area (Å²) in [7, 11) is 0. The van der Waals surface area contributed by atoms with E-state index in [-0.39, 0.29) is 5.92 Å². The summed E-state index contributed by atoms with van der Waals surface area (Å²) in [5, 5.41) is 0. The maximum Gasteiger partial charge on any atom is 0.226 e. The number of amides is 1. The molecule has 3 rings (SSSR count). The van der Waals surface area contributed by atoms with Crippen molar-refractivity contribution >= 4 is 5.91 Å². The lowest BCUT2D eigenvalue weighted by Crippen LogP contribution is -2.39. The fourth-order valence-corrected chi connectivity index (χ4v) is 3.89. The highest BCUT2D eigenvalue weighted by molar-refractivity contribution is 5.83. The Kier molecular flexibility index (Phi) is 5.37. The highest BCUT2D eigenvalue weighted by atomic mass is 16.5. The molecule has 1 aliphatic carbocycles. The summed E-state index contributed by atoms with van der Waals surface area (Å²) in [6.45, 7) is 7.74. The van der Waals surface area contributed by atoms with E-state index in [1.54, 1.807) is 0 Å². The van der Waals surface area contributed by atoms with Crippen LogP contribution >= 0.6 is 0 Å². The molecular formula is C20H29NO2. The minimum atomic E-state index is 0.232. The van der Waals surface area contributed by atoms with Crippen LogP contribution in [0.15, 0.2) is 24.3 Å². The molecule has 126 valence electrons. The number of hydrogen-bond donors (Lipinski definition) is 0. The molecule has 3 heteroatoms. The highest BCUT2D eigenvalue weighted by Crippen LogP contribution is 2.49. The Bertz CT molecular complexity index is 534. The number of ether oxygens (including phenoxy) is 1. The van der Waals surface area contributed by atoms with E-state index in [4.69, 9.17) is 4.74 Å². The largest absolute Gasteiger partial charge is 0.382 e. The standard InChI is InChI=1S/C20H29NO2/c1-3-23-13-10-16-8-11-21(12-9-16)20(22)19-14-18(19)17-7-5-4-6-15(17)2/h4-7,16,18-19H,3,8-14H2,1-2H3/t18-,19-/m1/s1. The Morgan fingerprint density at radius 1 is 1.26 bits per heavy atom. The molecule has 23 heavy (non-hydrogen) atoms. The number of nitrogens with zero attached hydrogens (tertiary/aromatic N) is 1. The topological polar surface area (TPSA) is 29.5 Å². The molecule has 3 nitrogen and oxygen atoms in total. The van der Waals surface area contributed by atoms with E-state index in [1.807, 2.05) is 6.92 Å². The van der Waals surface area contributed by atoms with Crippen molar-refractivity contribution in [3.63, 3.8) is 0 Å². The first-order valence-electron chi connectivity index (χ1n) is 9.12. The van der Waals surface area contributed by atoms with Gasteiger partial charge >= 0.3 is 0 Å². The van der Waals surface area contributed by atoms with Crippen LogP contribution in [0.4, 0.5) is 0 Å². The number of likely N-dealkylation sites (tertiary alicyclic amines) is 1. The van der Waals surface area contributed by atoms with Gasteiger partial charge in [0.1, 0.15) is 0 Å². The highest BCUT2D eigenvalue weighted by Gasteiger charge is 2.46. The molecule has 2 fully saturated rings. The maximum atomic E-state index is 12.7. The van der Waals surface area contributed by atoms with Gasteiger partial charge in [0.05, 0.1) is 0 Å². The van der Waals surface area contributed by atoms with E-state index in [2.05, 4.69) is 36.1 Å². The third-order valence-electron chi connectivity index (χ3n) is 5.50. The molecule has 0 bridgehead atoms. The number of carbonyl (C=O) groups is 1. The summed E-state index contributed by atoms with van der Waals surface area (Å²) >= 11 is 0. The number of hydrogen-bond acceptors (Lipinski definition) is 2. The quantitative estimate of drug-likeness (QED) is 0.748. The molecule has 1 heterocycles. The molecule has 0 aromatic heterocycles. The van der Waals surface area contributed by atoms with Crippen LogP contribution in [0.25, 0.3) is 0 Å². The van der Waals surface area contributed by atoms with Crippen LogP contribution in [-0.2, 0) is 9.53 Å². The molecule has 2 aliphatic rings. The summed E-state index contributed by atoms with van der Waals surface area (Å²) in [6, 6.07) is 8.50. The van der Waals surface area contributed by atoms with Gasteiger partial charge in [-0.05, 0) is 62.5 Å². The molecular weight excluding hydrogens is 286 g/mol. The van der Waals surface area contributed by atoms with Gasteiger partial charge in [0.2, 0.25) is 5.91 Å². The van der Waals surface area contributed by atoms with E-state index in [0.29, 0.717) is 11.8 Å². The van der Waals surface area contributed by atoms with E-state index < -0.39 is 0 Å². The lowest BCUT2D eigenvalue weighted by molar-refractivity contribution is -0.134. The third-order valence-corrected chi connectivity index (χ3v) is 5.50.